The number of halogens is 4. The zero-order valence-electron chi connectivity index (χ0n) is 15.5. The van der Waals surface area contributed by atoms with Crippen molar-refractivity contribution in [1.29, 1.82) is 0 Å². The van der Waals surface area contributed by atoms with Gasteiger partial charge >= 0.3 is 6.18 Å². The molecular formula is C18H21F3IN3O3. The van der Waals surface area contributed by atoms with Crippen molar-refractivity contribution in [3.8, 4) is 17.2 Å². The Morgan fingerprint density at radius 3 is 2.18 bits per heavy atom. The number of hydrogen-bond acceptors (Lipinski definition) is 4. The van der Waals surface area contributed by atoms with Crippen LogP contribution in [0.25, 0.3) is 0 Å². The molecule has 0 aromatic heterocycles. The van der Waals surface area contributed by atoms with E-state index in [1.807, 2.05) is 0 Å². The first-order chi connectivity index (χ1) is 12.8. The first-order valence-corrected chi connectivity index (χ1v) is 7.81. The fourth-order valence-electron chi connectivity index (χ4n) is 2.34. The van der Waals surface area contributed by atoms with E-state index in [-0.39, 0.29) is 47.8 Å². The number of anilines is 1. The van der Waals surface area contributed by atoms with Crippen LogP contribution in [0.4, 0.5) is 18.9 Å². The molecule has 0 amide bonds. The monoisotopic (exact) mass is 511 g/mol. The highest BCUT2D eigenvalue weighted by molar-refractivity contribution is 14.0. The topological polar surface area (TPSA) is 78.1 Å². The van der Waals surface area contributed by atoms with Crippen molar-refractivity contribution >= 4 is 35.6 Å². The second-order valence-corrected chi connectivity index (χ2v) is 5.41. The number of nitrogens with two attached hydrogens (primary N) is 1. The summed E-state index contributed by atoms with van der Waals surface area (Å²) in [5.74, 6) is 1.09. The van der Waals surface area contributed by atoms with Crippen molar-refractivity contribution in [1.82, 2.24) is 0 Å². The van der Waals surface area contributed by atoms with E-state index in [1.165, 1.54) is 33.5 Å². The minimum atomic E-state index is -4.53. The number of methoxy groups -OCH3 is 3. The first kappa shape index (κ1) is 23.7. The molecule has 0 unspecified atom stereocenters. The van der Waals surface area contributed by atoms with Crippen LogP contribution in [0.15, 0.2) is 41.4 Å². The number of hydrogen-bond donors (Lipinski definition) is 2. The number of rotatable bonds is 6. The normalized spacial score (nSPS) is 11.4. The molecule has 2 aromatic rings. The lowest BCUT2D eigenvalue weighted by molar-refractivity contribution is -0.138. The Hall–Kier alpha value is -2.37. The molecule has 2 rings (SSSR count). The van der Waals surface area contributed by atoms with Gasteiger partial charge in [0.25, 0.3) is 0 Å². The van der Waals surface area contributed by atoms with Crippen LogP contribution in [0, 0.1) is 0 Å². The van der Waals surface area contributed by atoms with Gasteiger partial charge in [-0.2, -0.15) is 13.2 Å². The van der Waals surface area contributed by atoms with Gasteiger partial charge < -0.3 is 25.3 Å². The summed E-state index contributed by atoms with van der Waals surface area (Å²) in [6, 6.07) is 8.68. The fraction of sp³-hybridized carbons (Fsp3) is 0.278. The van der Waals surface area contributed by atoms with E-state index >= 15 is 0 Å². The van der Waals surface area contributed by atoms with E-state index in [4.69, 9.17) is 19.9 Å². The summed E-state index contributed by atoms with van der Waals surface area (Å²) in [5, 5.41) is 2.80. The van der Waals surface area contributed by atoms with Crippen LogP contribution < -0.4 is 25.3 Å². The van der Waals surface area contributed by atoms with Crippen LogP contribution in [0.1, 0.15) is 11.1 Å². The standard InChI is InChI=1S/C18H20F3N3O3.HI/c1-25-12-5-4-11(14(8-12)18(19,20)21)10-23-17(22)24-15-9-13(26-2)6-7-16(15)27-3;/h4-9H,10H2,1-3H3,(H3,22,23,24);1H. The Kier molecular flexibility index (Phi) is 8.66. The molecule has 0 bridgehead atoms. The molecule has 0 aliphatic carbocycles. The highest BCUT2D eigenvalue weighted by atomic mass is 127. The van der Waals surface area contributed by atoms with Gasteiger partial charge in [-0.05, 0) is 29.8 Å². The number of alkyl halides is 3. The molecule has 0 radical (unpaired) electrons. The van der Waals surface area contributed by atoms with Crippen molar-refractivity contribution in [2.45, 2.75) is 12.7 Å². The van der Waals surface area contributed by atoms with Gasteiger partial charge in [-0.15, -0.1) is 24.0 Å². The van der Waals surface area contributed by atoms with Crippen molar-refractivity contribution in [2.75, 3.05) is 26.6 Å². The van der Waals surface area contributed by atoms with Crippen LogP contribution in [-0.2, 0) is 12.7 Å². The van der Waals surface area contributed by atoms with Crippen molar-refractivity contribution in [2.24, 2.45) is 10.7 Å². The number of benzene rings is 2. The second kappa shape index (κ2) is 10.2. The Bertz CT molecular complexity index is 829. The number of ether oxygens (including phenoxy) is 3. The second-order valence-electron chi connectivity index (χ2n) is 5.41. The maximum absolute atomic E-state index is 13.2. The summed E-state index contributed by atoms with van der Waals surface area (Å²) in [4.78, 5) is 4.00. The third-order valence-electron chi connectivity index (χ3n) is 3.71. The average molecular weight is 511 g/mol. The van der Waals surface area contributed by atoms with Crippen molar-refractivity contribution in [3.63, 3.8) is 0 Å². The van der Waals surface area contributed by atoms with Gasteiger partial charge in [-0.1, -0.05) is 6.07 Å². The zero-order chi connectivity index (χ0) is 20.0. The predicted octanol–water partition coefficient (Wildman–Crippen LogP) is 4.28. The molecule has 10 heteroatoms. The van der Waals surface area contributed by atoms with E-state index in [1.54, 1.807) is 18.2 Å². The molecule has 0 spiro atoms. The third kappa shape index (κ3) is 6.08. The minimum Gasteiger partial charge on any atom is -0.497 e. The van der Waals surface area contributed by atoms with Crippen LogP contribution in [0.2, 0.25) is 0 Å². The largest absolute Gasteiger partial charge is 0.497 e. The Morgan fingerprint density at radius 2 is 1.61 bits per heavy atom. The smallest absolute Gasteiger partial charge is 0.416 e. The minimum absolute atomic E-state index is 0. The van der Waals surface area contributed by atoms with E-state index in [2.05, 4.69) is 10.3 Å². The molecule has 3 N–H and O–H groups in total. The highest BCUT2D eigenvalue weighted by Crippen LogP contribution is 2.35. The molecular weight excluding hydrogens is 490 g/mol. The summed E-state index contributed by atoms with van der Waals surface area (Å²) in [5.41, 5.74) is 5.45. The zero-order valence-corrected chi connectivity index (χ0v) is 17.8. The molecule has 0 saturated heterocycles. The summed E-state index contributed by atoms with van der Waals surface area (Å²) < 4.78 is 54.9. The lowest BCUT2D eigenvalue weighted by atomic mass is 10.1. The van der Waals surface area contributed by atoms with Gasteiger partial charge in [0, 0.05) is 6.07 Å². The van der Waals surface area contributed by atoms with Gasteiger partial charge in [-0.3, -0.25) is 0 Å². The molecule has 2 aromatic carbocycles. The Balaban J connectivity index is 0.00000392. The van der Waals surface area contributed by atoms with Crippen LogP contribution >= 0.6 is 24.0 Å². The first-order valence-electron chi connectivity index (χ1n) is 7.81. The molecule has 6 nitrogen and oxygen atoms in total. The van der Waals surface area contributed by atoms with E-state index in [9.17, 15) is 13.2 Å². The van der Waals surface area contributed by atoms with Gasteiger partial charge in [0.15, 0.2) is 5.96 Å². The maximum Gasteiger partial charge on any atom is 0.416 e. The van der Waals surface area contributed by atoms with Gasteiger partial charge in [0.05, 0.1) is 39.1 Å². The quantitative estimate of drug-likeness (QED) is 0.344. The number of guanidine groups is 1. The number of aliphatic imine (C=N–C) groups is 1. The molecule has 154 valence electrons. The van der Waals surface area contributed by atoms with E-state index in [0.717, 1.165) is 6.07 Å². The molecule has 0 aliphatic heterocycles. The number of nitrogens with zero attached hydrogens (tertiary/aromatic N) is 1. The Labute approximate surface area is 177 Å². The molecule has 0 saturated carbocycles. The summed E-state index contributed by atoms with van der Waals surface area (Å²) in [7, 11) is 4.29. The van der Waals surface area contributed by atoms with Crippen molar-refractivity contribution in [3.05, 3.63) is 47.5 Å². The fourth-order valence-corrected chi connectivity index (χ4v) is 2.34. The van der Waals surface area contributed by atoms with Gasteiger partial charge in [0.2, 0.25) is 0 Å². The molecule has 0 aliphatic rings. The third-order valence-corrected chi connectivity index (χ3v) is 3.71. The highest BCUT2D eigenvalue weighted by Gasteiger charge is 2.33. The molecule has 0 fully saturated rings. The van der Waals surface area contributed by atoms with Crippen LogP contribution in [0.5, 0.6) is 17.2 Å². The molecule has 0 heterocycles. The van der Waals surface area contributed by atoms with E-state index in [0.29, 0.717) is 17.2 Å². The molecule has 28 heavy (non-hydrogen) atoms. The van der Waals surface area contributed by atoms with E-state index < -0.39 is 11.7 Å². The van der Waals surface area contributed by atoms with Gasteiger partial charge in [-0.25, -0.2) is 4.99 Å². The summed E-state index contributed by atoms with van der Waals surface area (Å²) in [6.45, 7) is -0.260. The lowest BCUT2D eigenvalue weighted by Crippen LogP contribution is -2.23. The Morgan fingerprint density at radius 1 is 1.00 bits per heavy atom. The summed E-state index contributed by atoms with van der Waals surface area (Å²) >= 11 is 0. The van der Waals surface area contributed by atoms with Crippen LogP contribution in [-0.4, -0.2) is 27.3 Å². The molecule has 0 atom stereocenters. The predicted molar refractivity (Wildman–Crippen MR) is 112 cm³/mol. The lowest BCUT2D eigenvalue weighted by Gasteiger charge is -2.14. The number of nitrogens with one attached hydrogen (secondary N) is 1. The summed E-state index contributed by atoms with van der Waals surface area (Å²) in [6.07, 6.45) is -4.53. The van der Waals surface area contributed by atoms with Crippen LogP contribution in [0.3, 0.4) is 0 Å². The SMILES string of the molecule is COc1ccc(OC)c(NC(N)=NCc2ccc(OC)cc2C(F)(F)F)c1.I. The van der Waals surface area contributed by atoms with Gasteiger partial charge in [0.1, 0.15) is 17.2 Å². The maximum atomic E-state index is 13.2. The van der Waals surface area contributed by atoms with Crippen molar-refractivity contribution < 1.29 is 27.4 Å². The average Bonchev–Trinajstić information content (AvgIpc) is 2.65.